The Bertz CT molecular complexity index is 823. The molecule has 1 aromatic rings. The van der Waals surface area contributed by atoms with Gasteiger partial charge < -0.3 is 4.74 Å². The van der Waals surface area contributed by atoms with E-state index in [1.165, 1.54) is 10.4 Å². The summed E-state index contributed by atoms with van der Waals surface area (Å²) in [5.74, 6) is 0.111. The van der Waals surface area contributed by atoms with Gasteiger partial charge >= 0.3 is 6.18 Å². The molecule has 154 valence electrons. The molecule has 0 aliphatic carbocycles. The molecule has 0 aromatic heterocycles. The largest absolute Gasteiger partial charge is 0.417 e. The van der Waals surface area contributed by atoms with Gasteiger partial charge in [0.05, 0.1) is 34.7 Å². The number of anilines is 1. The summed E-state index contributed by atoms with van der Waals surface area (Å²) in [5.41, 5.74) is -1.15. The van der Waals surface area contributed by atoms with Gasteiger partial charge in [0.15, 0.2) is 0 Å². The molecule has 4 rings (SSSR count). The molecule has 0 amide bonds. The molecular weight excluding hydrogens is 401 g/mol. The van der Waals surface area contributed by atoms with E-state index in [0.717, 1.165) is 25.0 Å². The van der Waals surface area contributed by atoms with Gasteiger partial charge in [0.1, 0.15) is 11.0 Å². The Labute approximate surface area is 171 Å². The van der Waals surface area contributed by atoms with Crippen LogP contribution in [0.3, 0.4) is 0 Å². The van der Waals surface area contributed by atoms with Crippen LogP contribution in [-0.2, 0) is 21.9 Å². The van der Waals surface area contributed by atoms with Gasteiger partial charge in [-0.2, -0.15) is 18.4 Å². The monoisotopic (exact) mass is 422 g/mol. The average molecular weight is 422 g/mol. The van der Waals surface area contributed by atoms with Crippen LogP contribution in [0.15, 0.2) is 31.4 Å². The zero-order valence-electron chi connectivity index (χ0n) is 15.6. The fourth-order valence-electron chi connectivity index (χ4n) is 3.87. The standard InChI is InChI=1S/C15H13F3N2O2S.C2H4.2C2H2/c16-15(17,18)11-5-9(2-1-8(11)6-19)20-7-10-12-3-4-13(22-12)14(10)23(20)21;3*1-2/h1-2,5,10,12-14H,3-4,7H2;1-2H2;2*1-2H/t10?,12-,13+,14?,23?;;;/m0.../s1. The molecule has 3 saturated heterocycles. The molecular formula is C21H21F3N2O2S. The van der Waals surface area contributed by atoms with Crippen molar-refractivity contribution < 1.29 is 22.1 Å². The predicted octanol–water partition coefficient (Wildman–Crippen LogP) is 3.91. The van der Waals surface area contributed by atoms with Crippen molar-refractivity contribution in [3.8, 4) is 31.8 Å². The Morgan fingerprint density at radius 2 is 1.76 bits per heavy atom. The first-order chi connectivity index (χ1) is 13.9. The van der Waals surface area contributed by atoms with Crippen molar-refractivity contribution in [2.24, 2.45) is 5.92 Å². The number of rotatable bonds is 1. The highest BCUT2D eigenvalue weighted by Crippen LogP contribution is 2.47. The SMILES string of the molecule is C#C.C#C.C=C.N#Cc1ccc(N2CC3C([C@H]4CC[C@@H]3O4)S2=O)cc1C(F)(F)F. The highest BCUT2D eigenvalue weighted by atomic mass is 32.2. The van der Waals surface area contributed by atoms with Crippen LogP contribution in [0.25, 0.3) is 0 Å². The van der Waals surface area contributed by atoms with E-state index in [4.69, 9.17) is 10.00 Å². The van der Waals surface area contributed by atoms with E-state index in [2.05, 4.69) is 38.9 Å². The van der Waals surface area contributed by atoms with E-state index >= 15 is 0 Å². The average Bonchev–Trinajstić information content (AvgIpc) is 3.45. The van der Waals surface area contributed by atoms with Crippen LogP contribution in [-0.4, -0.2) is 28.2 Å². The van der Waals surface area contributed by atoms with Crippen LogP contribution < -0.4 is 4.31 Å². The zero-order valence-corrected chi connectivity index (χ0v) is 16.5. The zero-order chi connectivity index (χ0) is 22.4. The van der Waals surface area contributed by atoms with E-state index < -0.39 is 28.3 Å². The van der Waals surface area contributed by atoms with Crippen molar-refractivity contribution in [2.45, 2.75) is 36.5 Å². The van der Waals surface area contributed by atoms with Gasteiger partial charge in [-0.1, -0.05) is 0 Å². The van der Waals surface area contributed by atoms with Crippen molar-refractivity contribution in [2.75, 3.05) is 10.8 Å². The second-order valence-corrected chi connectivity index (χ2v) is 7.63. The Hall–Kier alpha value is -2.73. The molecule has 5 atom stereocenters. The summed E-state index contributed by atoms with van der Waals surface area (Å²) in [4.78, 5) is 0. The van der Waals surface area contributed by atoms with Crippen LogP contribution in [0, 0.1) is 42.9 Å². The van der Waals surface area contributed by atoms with Crippen molar-refractivity contribution in [1.82, 2.24) is 0 Å². The summed E-state index contributed by atoms with van der Waals surface area (Å²) >= 11 is 0. The Kier molecular flexibility index (Phi) is 8.52. The Balaban J connectivity index is 0.000000644. The van der Waals surface area contributed by atoms with Crippen molar-refractivity contribution in [1.29, 1.82) is 5.26 Å². The first kappa shape index (κ1) is 24.3. The van der Waals surface area contributed by atoms with E-state index in [0.29, 0.717) is 6.54 Å². The van der Waals surface area contributed by atoms with E-state index in [-0.39, 0.29) is 29.1 Å². The van der Waals surface area contributed by atoms with Gasteiger partial charge in [-0.15, -0.1) is 38.9 Å². The number of halogens is 3. The second-order valence-electron chi connectivity index (χ2n) is 6.10. The number of nitriles is 1. The topological polar surface area (TPSA) is 53.3 Å². The minimum absolute atomic E-state index is 0.0451. The fourth-order valence-corrected chi connectivity index (χ4v) is 5.83. The molecule has 3 aliphatic heterocycles. The maximum absolute atomic E-state index is 13.1. The van der Waals surface area contributed by atoms with Crippen molar-refractivity contribution >= 4 is 16.7 Å². The van der Waals surface area contributed by atoms with Crippen molar-refractivity contribution in [3.63, 3.8) is 0 Å². The Morgan fingerprint density at radius 3 is 2.28 bits per heavy atom. The third-order valence-electron chi connectivity index (χ3n) is 4.89. The lowest BCUT2D eigenvalue weighted by Gasteiger charge is -2.21. The minimum atomic E-state index is -4.61. The quantitative estimate of drug-likeness (QED) is 0.509. The van der Waals surface area contributed by atoms with Crippen molar-refractivity contribution in [3.05, 3.63) is 42.5 Å². The normalized spacial score (nSPS) is 28.3. The second kappa shape index (κ2) is 10.2. The molecule has 0 N–H and O–H groups in total. The van der Waals surface area contributed by atoms with E-state index in [1.54, 1.807) is 6.07 Å². The van der Waals surface area contributed by atoms with Gasteiger partial charge in [0, 0.05) is 18.2 Å². The highest BCUT2D eigenvalue weighted by Gasteiger charge is 2.57. The molecule has 2 bridgehead atoms. The number of alkyl halides is 3. The van der Waals surface area contributed by atoms with Crippen LogP contribution in [0.4, 0.5) is 18.9 Å². The molecule has 8 heteroatoms. The first-order valence-corrected chi connectivity index (χ1v) is 9.69. The molecule has 3 heterocycles. The number of benzene rings is 1. The van der Waals surface area contributed by atoms with Gasteiger partial charge in [0.2, 0.25) is 0 Å². The third-order valence-corrected chi connectivity index (χ3v) is 6.81. The van der Waals surface area contributed by atoms with Gasteiger partial charge in [0.25, 0.3) is 0 Å². The van der Waals surface area contributed by atoms with Crippen LogP contribution in [0.5, 0.6) is 0 Å². The van der Waals surface area contributed by atoms with Gasteiger partial charge in [-0.05, 0) is 31.0 Å². The summed E-state index contributed by atoms with van der Waals surface area (Å²) in [6, 6.07) is 5.08. The Morgan fingerprint density at radius 1 is 1.17 bits per heavy atom. The molecule has 3 unspecified atom stereocenters. The molecule has 0 radical (unpaired) electrons. The highest BCUT2D eigenvalue weighted by molar-refractivity contribution is 7.87. The van der Waals surface area contributed by atoms with Gasteiger partial charge in [-0.25, -0.2) is 4.21 Å². The maximum Gasteiger partial charge on any atom is 0.417 e. The molecule has 1 aromatic carbocycles. The van der Waals surface area contributed by atoms with E-state index in [1.807, 2.05) is 0 Å². The van der Waals surface area contributed by atoms with Crippen LogP contribution in [0.1, 0.15) is 24.0 Å². The van der Waals surface area contributed by atoms with Gasteiger partial charge in [-0.3, -0.25) is 4.31 Å². The lowest BCUT2D eigenvalue weighted by molar-refractivity contribution is -0.137. The molecule has 3 aliphatic rings. The smallest absolute Gasteiger partial charge is 0.373 e. The molecule has 4 nitrogen and oxygen atoms in total. The number of ether oxygens (including phenoxy) is 1. The number of terminal acetylenes is 2. The lowest BCUT2D eigenvalue weighted by Crippen LogP contribution is -2.31. The lowest BCUT2D eigenvalue weighted by atomic mass is 9.89. The summed E-state index contributed by atoms with van der Waals surface area (Å²) < 4.78 is 59.3. The summed E-state index contributed by atoms with van der Waals surface area (Å²) in [7, 11) is -1.40. The number of hydrogen-bond acceptors (Lipinski definition) is 3. The maximum atomic E-state index is 13.1. The number of nitrogens with zero attached hydrogens (tertiary/aromatic N) is 2. The van der Waals surface area contributed by atoms with E-state index in [9.17, 15) is 17.4 Å². The first-order valence-electron chi connectivity index (χ1n) is 8.52. The summed E-state index contributed by atoms with van der Waals surface area (Å²) in [5, 5.41) is 8.73. The summed E-state index contributed by atoms with van der Waals surface area (Å²) in [6.45, 7) is 6.43. The van der Waals surface area contributed by atoms with Crippen LogP contribution in [0.2, 0.25) is 0 Å². The number of fused-ring (bicyclic) bond motifs is 5. The number of hydrogen-bond donors (Lipinski definition) is 0. The molecule has 3 fully saturated rings. The molecule has 29 heavy (non-hydrogen) atoms. The fraction of sp³-hybridized carbons (Fsp3) is 0.381. The minimum Gasteiger partial charge on any atom is -0.373 e. The third kappa shape index (κ3) is 4.48. The summed E-state index contributed by atoms with van der Waals surface area (Å²) in [6.07, 6.45) is 13.2. The molecule has 0 spiro atoms. The van der Waals surface area contributed by atoms with Crippen LogP contribution >= 0.6 is 0 Å². The predicted molar refractivity (Wildman–Crippen MR) is 108 cm³/mol. The molecule has 0 saturated carbocycles.